The van der Waals surface area contributed by atoms with Crippen molar-refractivity contribution in [3.05, 3.63) is 0 Å². The van der Waals surface area contributed by atoms with E-state index in [2.05, 4.69) is 49.7 Å². The van der Waals surface area contributed by atoms with Crippen molar-refractivity contribution < 1.29 is 0 Å². The summed E-state index contributed by atoms with van der Waals surface area (Å²) in [6, 6.07) is 1.36. The van der Waals surface area contributed by atoms with Crippen molar-refractivity contribution in [2.75, 3.05) is 19.6 Å². The average molecular weight is 214 g/mol. The molecule has 2 aliphatic heterocycles. The first-order valence-electron chi connectivity index (χ1n) is 5.62. The highest BCUT2D eigenvalue weighted by atomic mass is 32.1. The van der Waals surface area contributed by atoms with Gasteiger partial charge in [0.1, 0.15) is 0 Å². The number of fused-ring (bicyclic) bond motifs is 2. The fourth-order valence-electron chi connectivity index (χ4n) is 3.05. The van der Waals surface area contributed by atoms with Gasteiger partial charge in [0.2, 0.25) is 0 Å². The molecule has 0 aromatic heterocycles. The van der Waals surface area contributed by atoms with Crippen molar-refractivity contribution in [3.8, 4) is 0 Å². The molecule has 3 heteroatoms. The van der Waals surface area contributed by atoms with E-state index in [0.717, 1.165) is 19.0 Å². The van der Waals surface area contributed by atoms with Crippen LogP contribution in [0.2, 0.25) is 0 Å². The van der Waals surface area contributed by atoms with E-state index in [-0.39, 0.29) is 0 Å². The molecule has 0 radical (unpaired) electrons. The topological polar surface area (TPSA) is 6.48 Å². The zero-order valence-electron chi connectivity index (χ0n) is 9.70. The fourth-order valence-corrected chi connectivity index (χ4v) is 3.40. The maximum absolute atomic E-state index is 4.51. The van der Waals surface area contributed by atoms with Crippen LogP contribution in [0.1, 0.15) is 27.7 Å². The predicted octanol–water partition coefficient (Wildman–Crippen LogP) is 1.88. The lowest BCUT2D eigenvalue weighted by Crippen LogP contribution is -2.50. The minimum absolute atomic E-state index is 0.476. The summed E-state index contributed by atoms with van der Waals surface area (Å²) in [4.78, 5) is 2.65. The molecule has 2 fully saturated rings. The van der Waals surface area contributed by atoms with Crippen molar-refractivity contribution in [3.63, 3.8) is 0 Å². The van der Waals surface area contributed by atoms with Crippen LogP contribution in [0.3, 0.4) is 0 Å². The summed E-state index contributed by atoms with van der Waals surface area (Å²) < 4.78 is 2.20. The molecule has 2 rings (SSSR count). The largest absolute Gasteiger partial charge is 0.296 e. The Bertz CT molecular complexity index is 227. The summed E-state index contributed by atoms with van der Waals surface area (Å²) in [5, 5.41) is 0. The molecule has 14 heavy (non-hydrogen) atoms. The molecule has 2 heterocycles. The van der Waals surface area contributed by atoms with Gasteiger partial charge in [0.05, 0.1) is 0 Å². The molecule has 82 valence electrons. The Labute approximate surface area is 93.2 Å². The van der Waals surface area contributed by atoms with E-state index in [1.165, 1.54) is 6.54 Å². The molecule has 0 aliphatic carbocycles. The van der Waals surface area contributed by atoms with Gasteiger partial charge >= 0.3 is 0 Å². The van der Waals surface area contributed by atoms with E-state index in [1.54, 1.807) is 0 Å². The summed E-state index contributed by atoms with van der Waals surface area (Å²) in [6.45, 7) is 13.0. The minimum Gasteiger partial charge on any atom is -0.296 e. The lowest BCUT2D eigenvalue weighted by molar-refractivity contribution is 0.0913. The second-order valence-electron chi connectivity index (χ2n) is 5.70. The third-order valence-electron chi connectivity index (χ3n) is 4.22. The predicted molar refractivity (Wildman–Crippen MR) is 63.5 cm³/mol. The lowest BCUT2D eigenvalue weighted by Gasteiger charge is -2.42. The van der Waals surface area contributed by atoms with E-state index < -0.39 is 0 Å². The Morgan fingerprint density at radius 1 is 1.21 bits per heavy atom. The number of hydrogen-bond acceptors (Lipinski definition) is 3. The Hall–Kier alpha value is 0.270. The van der Waals surface area contributed by atoms with E-state index in [4.69, 9.17) is 0 Å². The van der Waals surface area contributed by atoms with Gasteiger partial charge in [-0.05, 0) is 25.2 Å². The summed E-state index contributed by atoms with van der Waals surface area (Å²) in [5.74, 6) is 0.793. The SMILES string of the molecule is CC(C)N1CC2CN(S)CC1C2(C)C. The van der Waals surface area contributed by atoms with Crippen molar-refractivity contribution in [2.45, 2.75) is 39.8 Å². The van der Waals surface area contributed by atoms with Crippen LogP contribution in [0.25, 0.3) is 0 Å². The Morgan fingerprint density at radius 2 is 1.86 bits per heavy atom. The van der Waals surface area contributed by atoms with Crippen molar-refractivity contribution in [2.24, 2.45) is 11.3 Å². The van der Waals surface area contributed by atoms with Gasteiger partial charge in [0, 0.05) is 31.7 Å². The van der Waals surface area contributed by atoms with Crippen LogP contribution in [-0.2, 0) is 0 Å². The number of hydrogen-bond donors (Lipinski definition) is 1. The monoisotopic (exact) mass is 214 g/mol. The Morgan fingerprint density at radius 3 is 2.43 bits per heavy atom. The summed E-state index contributed by atoms with van der Waals surface area (Å²) in [6.07, 6.45) is 0. The van der Waals surface area contributed by atoms with E-state index in [0.29, 0.717) is 17.5 Å². The van der Waals surface area contributed by atoms with Gasteiger partial charge in [0.25, 0.3) is 0 Å². The van der Waals surface area contributed by atoms with Crippen molar-refractivity contribution in [1.82, 2.24) is 9.21 Å². The maximum atomic E-state index is 4.51. The third-order valence-corrected chi connectivity index (χ3v) is 4.55. The lowest BCUT2D eigenvalue weighted by atomic mass is 9.74. The van der Waals surface area contributed by atoms with Crippen molar-refractivity contribution >= 4 is 12.8 Å². The number of piperidine rings is 1. The Balaban J connectivity index is 2.23. The highest BCUT2D eigenvalue weighted by Gasteiger charge is 2.51. The quantitative estimate of drug-likeness (QED) is 0.666. The smallest absolute Gasteiger partial charge is 0.0289 e. The number of thiol groups is 1. The number of likely N-dealkylation sites (tertiary alicyclic amines) is 1. The molecule has 2 nitrogen and oxygen atoms in total. The van der Waals surface area contributed by atoms with Gasteiger partial charge in [-0.2, -0.15) is 0 Å². The molecular weight excluding hydrogens is 192 g/mol. The highest BCUT2D eigenvalue weighted by molar-refractivity contribution is 7.77. The number of nitrogens with zero attached hydrogens (tertiary/aromatic N) is 2. The van der Waals surface area contributed by atoms with Crippen LogP contribution in [0.15, 0.2) is 0 Å². The van der Waals surface area contributed by atoms with Gasteiger partial charge in [-0.25, -0.2) is 0 Å². The van der Waals surface area contributed by atoms with Crippen LogP contribution in [0, 0.1) is 11.3 Å². The normalized spacial score (nSPS) is 38.1. The number of rotatable bonds is 1. The average Bonchev–Trinajstić information content (AvgIpc) is 2.26. The third kappa shape index (κ3) is 1.50. The summed E-state index contributed by atoms with van der Waals surface area (Å²) in [5.41, 5.74) is 0.476. The molecule has 0 saturated carbocycles. The molecule has 2 atom stereocenters. The molecule has 2 bridgehead atoms. The van der Waals surface area contributed by atoms with Gasteiger partial charge in [0.15, 0.2) is 0 Å². The molecule has 0 spiro atoms. The summed E-state index contributed by atoms with van der Waals surface area (Å²) >= 11 is 4.51. The second kappa shape index (κ2) is 3.39. The molecule has 0 amide bonds. The molecule has 0 aromatic rings. The molecule has 0 aromatic carbocycles. The molecule has 2 aliphatic rings. The van der Waals surface area contributed by atoms with E-state index in [9.17, 15) is 0 Å². The first-order valence-corrected chi connectivity index (χ1v) is 6.02. The van der Waals surface area contributed by atoms with Gasteiger partial charge < -0.3 is 0 Å². The van der Waals surface area contributed by atoms with Crippen molar-refractivity contribution in [1.29, 1.82) is 0 Å². The van der Waals surface area contributed by atoms with E-state index >= 15 is 0 Å². The van der Waals surface area contributed by atoms with Crippen LogP contribution >= 0.6 is 12.8 Å². The highest BCUT2D eigenvalue weighted by Crippen LogP contribution is 2.45. The fraction of sp³-hybridized carbons (Fsp3) is 1.00. The molecule has 0 N–H and O–H groups in total. The van der Waals surface area contributed by atoms with Crippen LogP contribution in [0.5, 0.6) is 0 Å². The van der Waals surface area contributed by atoms with Crippen LogP contribution in [0.4, 0.5) is 0 Å². The van der Waals surface area contributed by atoms with Gasteiger partial charge in [-0.3, -0.25) is 9.21 Å². The standard InChI is InChI=1S/C11H22N2S/c1-8(2)13-6-9-5-12(14)7-10(13)11(9,3)4/h8-10,14H,5-7H2,1-4H3. The maximum Gasteiger partial charge on any atom is 0.0289 e. The van der Waals surface area contributed by atoms with Gasteiger partial charge in [-0.1, -0.05) is 26.7 Å². The zero-order valence-corrected chi connectivity index (χ0v) is 10.6. The Kier molecular flexibility index (Phi) is 2.61. The first kappa shape index (κ1) is 10.8. The first-order chi connectivity index (χ1) is 6.43. The second-order valence-corrected chi connectivity index (χ2v) is 6.26. The zero-order chi connectivity index (χ0) is 10.5. The summed E-state index contributed by atoms with van der Waals surface area (Å²) in [7, 11) is 0. The molecule has 2 unspecified atom stereocenters. The molecular formula is C11H22N2S. The van der Waals surface area contributed by atoms with Crippen LogP contribution in [-0.4, -0.2) is 40.9 Å². The van der Waals surface area contributed by atoms with Gasteiger partial charge in [-0.15, -0.1) is 0 Å². The van der Waals surface area contributed by atoms with Crippen LogP contribution < -0.4 is 0 Å². The van der Waals surface area contributed by atoms with E-state index in [1.807, 2.05) is 0 Å². The molecule has 2 saturated heterocycles. The minimum atomic E-state index is 0.476.